The Morgan fingerprint density at radius 3 is 2.52 bits per heavy atom. The number of nitrogens with two attached hydrogens (primary N) is 1. The molecule has 2 aromatic carbocycles. The summed E-state index contributed by atoms with van der Waals surface area (Å²) in [7, 11) is 2.01. The highest BCUT2D eigenvalue weighted by atomic mass is 19.1. The largest absolute Gasteiger partial charge is 0.331 e. The van der Waals surface area contributed by atoms with E-state index in [1.807, 2.05) is 25.2 Å². The third kappa shape index (κ3) is 2.95. The van der Waals surface area contributed by atoms with Crippen LogP contribution < -0.4 is 5.73 Å². The second-order valence-electron chi connectivity index (χ2n) is 5.37. The number of halogens is 1. The van der Waals surface area contributed by atoms with Gasteiger partial charge in [0, 0.05) is 19.5 Å². The molecule has 0 fully saturated rings. The molecule has 0 amide bonds. The van der Waals surface area contributed by atoms with Gasteiger partial charge in [0.15, 0.2) is 0 Å². The van der Waals surface area contributed by atoms with Gasteiger partial charge in [0.25, 0.3) is 0 Å². The number of para-hydroxylation sites is 2. The first-order valence-electron chi connectivity index (χ1n) is 7.04. The number of fused-ring (bicyclic) bond motifs is 1. The molecule has 3 nitrogen and oxygen atoms in total. The van der Waals surface area contributed by atoms with E-state index in [4.69, 9.17) is 5.73 Å². The van der Waals surface area contributed by atoms with Crippen LogP contribution in [0.2, 0.25) is 0 Å². The molecule has 108 valence electrons. The normalized spacial score (nSPS) is 12.7. The number of hydrogen-bond donors (Lipinski definition) is 1. The molecule has 1 atom stereocenters. The van der Waals surface area contributed by atoms with E-state index >= 15 is 0 Å². The fourth-order valence-corrected chi connectivity index (χ4v) is 2.61. The van der Waals surface area contributed by atoms with Crippen LogP contribution in [0.3, 0.4) is 0 Å². The van der Waals surface area contributed by atoms with Gasteiger partial charge < -0.3 is 10.3 Å². The van der Waals surface area contributed by atoms with Gasteiger partial charge in [-0.2, -0.15) is 0 Å². The van der Waals surface area contributed by atoms with E-state index in [-0.39, 0.29) is 11.9 Å². The van der Waals surface area contributed by atoms with Gasteiger partial charge in [0.2, 0.25) is 0 Å². The van der Waals surface area contributed by atoms with Gasteiger partial charge in [-0.15, -0.1) is 0 Å². The second-order valence-corrected chi connectivity index (χ2v) is 5.37. The molecule has 0 saturated heterocycles. The molecule has 0 saturated carbocycles. The SMILES string of the molecule is Cn1c(CC(N)Cc2ccc(F)cc2)nc2ccccc21. The Balaban J connectivity index is 1.75. The molecule has 21 heavy (non-hydrogen) atoms. The maximum atomic E-state index is 12.9. The lowest BCUT2D eigenvalue weighted by Crippen LogP contribution is -2.26. The third-order valence-corrected chi connectivity index (χ3v) is 3.74. The summed E-state index contributed by atoms with van der Waals surface area (Å²) >= 11 is 0. The van der Waals surface area contributed by atoms with E-state index in [1.54, 1.807) is 12.1 Å². The highest BCUT2D eigenvalue weighted by molar-refractivity contribution is 5.75. The standard InChI is InChI=1S/C17H18FN3/c1-21-16-5-3-2-4-15(16)20-17(21)11-14(19)10-12-6-8-13(18)9-7-12/h2-9,14H,10-11,19H2,1H3. The molecule has 3 rings (SSSR count). The van der Waals surface area contributed by atoms with Crippen LogP contribution in [-0.2, 0) is 19.9 Å². The molecule has 2 N–H and O–H groups in total. The first-order valence-corrected chi connectivity index (χ1v) is 7.04. The summed E-state index contributed by atoms with van der Waals surface area (Å²) in [5, 5.41) is 0. The number of rotatable bonds is 4. The lowest BCUT2D eigenvalue weighted by atomic mass is 10.0. The minimum atomic E-state index is -0.220. The van der Waals surface area contributed by atoms with E-state index in [2.05, 4.69) is 15.6 Å². The van der Waals surface area contributed by atoms with Crippen molar-refractivity contribution in [3.05, 3.63) is 65.7 Å². The molecule has 0 spiro atoms. The molecule has 0 aliphatic carbocycles. The zero-order chi connectivity index (χ0) is 14.8. The fraction of sp³-hybridized carbons (Fsp3) is 0.235. The first-order chi connectivity index (χ1) is 10.1. The summed E-state index contributed by atoms with van der Waals surface area (Å²) in [5.74, 6) is 0.758. The summed E-state index contributed by atoms with van der Waals surface area (Å²) in [6, 6.07) is 14.5. The first kappa shape index (κ1) is 13.8. The van der Waals surface area contributed by atoms with Gasteiger partial charge in [-0.05, 0) is 36.2 Å². The molecule has 0 aliphatic heterocycles. The molecule has 1 heterocycles. The van der Waals surface area contributed by atoms with Gasteiger partial charge in [0.1, 0.15) is 11.6 Å². The molecular formula is C17H18FN3. The predicted molar refractivity (Wildman–Crippen MR) is 82.5 cm³/mol. The van der Waals surface area contributed by atoms with Crippen molar-refractivity contribution in [1.82, 2.24) is 9.55 Å². The van der Waals surface area contributed by atoms with Crippen molar-refractivity contribution in [2.75, 3.05) is 0 Å². The smallest absolute Gasteiger partial charge is 0.123 e. The highest BCUT2D eigenvalue weighted by Crippen LogP contribution is 2.16. The van der Waals surface area contributed by atoms with Crippen LogP contribution in [0.5, 0.6) is 0 Å². The molecule has 0 bridgehead atoms. The van der Waals surface area contributed by atoms with Crippen LogP contribution in [-0.4, -0.2) is 15.6 Å². The average molecular weight is 283 g/mol. The molecule has 0 radical (unpaired) electrons. The van der Waals surface area contributed by atoms with Gasteiger partial charge in [-0.1, -0.05) is 24.3 Å². The molecule has 3 aromatic rings. The number of nitrogens with zero attached hydrogens (tertiary/aromatic N) is 2. The highest BCUT2D eigenvalue weighted by Gasteiger charge is 2.12. The van der Waals surface area contributed by atoms with Crippen LogP contribution in [0.1, 0.15) is 11.4 Å². The lowest BCUT2D eigenvalue weighted by molar-refractivity contribution is 0.615. The van der Waals surface area contributed by atoms with Gasteiger partial charge in [0.05, 0.1) is 11.0 Å². The van der Waals surface area contributed by atoms with Crippen molar-refractivity contribution in [1.29, 1.82) is 0 Å². The second kappa shape index (κ2) is 5.66. The van der Waals surface area contributed by atoms with Crippen molar-refractivity contribution in [2.24, 2.45) is 12.8 Å². The predicted octanol–water partition coefficient (Wildman–Crippen LogP) is 2.82. The van der Waals surface area contributed by atoms with Gasteiger partial charge in [-0.25, -0.2) is 9.37 Å². The zero-order valence-electron chi connectivity index (χ0n) is 12.0. The van der Waals surface area contributed by atoms with E-state index < -0.39 is 0 Å². The van der Waals surface area contributed by atoms with Crippen LogP contribution in [0.4, 0.5) is 4.39 Å². The molecule has 1 aromatic heterocycles. The third-order valence-electron chi connectivity index (χ3n) is 3.74. The van der Waals surface area contributed by atoms with E-state index in [1.165, 1.54) is 12.1 Å². The maximum Gasteiger partial charge on any atom is 0.123 e. The molecule has 4 heteroatoms. The number of aromatic nitrogens is 2. The van der Waals surface area contributed by atoms with Crippen LogP contribution in [0.15, 0.2) is 48.5 Å². The fourth-order valence-electron chi connectivity index (χ4n) is 2.61. The van der Waals surface area contributed by atoms with Crippen molar-refractivity contribution in [2.45, 2.75) is 18.9 Å². The quantitative estimate of drug-likeness (QED) is 0.800. The van der Waals surface area contributed by atoms with Gasteiger partial charge >= 0.3 is 0 Å². The minimum absolute atomic E-state index is 0.0361. The van der Waals surface area contributed by atoms with E-state index in [0.717, 1.165) is 22.4 Å². The summed E-state index contributed by atoms with van der Waals surface area (Å²) < 4.78 is 15.0. The Bertz CT molecular complexity index is 746. The number of hydrogen-bond acceptors (Lipinski definition) is 2. The van der Waals surface area contributed by atoms with E-state index in [9.17, 15) is 4.39 Å². The summed E-state index contributed by atoms with van der Waals surface area (Å²) in [6.07, 6.45) is 1.41. The van der Waals surface area contributed by atoms with Crippen molar-refractivity contribution < 1.29 is 4.39 Å². The Morgan fingerprint density at radius 1 is 1.10 bits per heavy atom. The topological polar surface area (TPSA) is 43.8 Å². The Kier molecular flexibility index (Phi) is 3.71. The molecule has 0 aliphatic rings. The minimum Gasteiger partial charge on any atom is -0.331 e. The van der Waals surface area contributed by atoms with Crippen molar-refractivity contribution in [3.8, 4) is 0 Å². The summed E-state index contributed by atoms with van der Waals surface area (Å²) in [5.41, 5.74) is 9.37. The van der Waals surface area contributed by atoms with Crippen molar-refractivity contribution >= 4 is 11.0 Å². The summed E-state index contributed by atoms with van der Waals surface area (Å²) in [4.78, 5) is 4.63. The van der Waals surface area contributed by atoms with Crippen LogP contribution >= 0.6 is 0 Å². The van der Waals surface area contributed by atoms with Crippen molar-refractivity contribution in [3.63, 3.8) is 0 Å². The lowest BCUT2D eigenvalue weighted by Gasteiger charge is -2.11. The van der Waals surface area contributed by atoms with Crippen LogP contribution in [0, 0.1) is 5.82 Å². The number of aryl methyl sites for hydroxylation is 1. The van der Waals surface area contributed by atoms with Crippen LogP contribution in [0.25, 0.3) is 11.0 Å². The Morgan fingerprint density at radius 2 is 1.81 bits per heavy atom. The number of benzene rings is 2. The number of imidazole rings is 1. The Labute approximate surface area is 123 Å². The average Bonchev–Trinajstić information content (AvgIpc) is 2.78. The Hall–Kier alpha value is -2.20. The monoisotopic (exact) mass is 283 g/mol. The summed E-state index contributed by atoms with van der Waals surface area (Å²) in [6.45, 7) is 0. The molecule has 1 unspecified atom stereocenters. The molecular weight excluding hydrogens is 265 g/mol. The zero-order valence-corrected chi connectivity index (χ0v) is 12.0. The van der Waals surface area contributed by atoms with Gasteiger partial charge in [-0.3, -0.25) is 0 Å². The maximum absolute atomic E-state index is 12.9. The van der Waals surface area contributed by atoms with E-state index in [0.29, 0.717) is 12.8 Å².